The number of likely N-dealkylation sites (tertiary alicyclic amines) is 1. The first-order chi connectivity index (χ1) is 13.2. The SMILES string of the molecule is N#Cc1ncccc1-c1cccc(C(=O)NC[C@H]2CC(=O)N(C3CC3)C2)c1. The summed E-state index contributed by atoms with van der Waals surface area (Å²) in [6.07, 6.45) is 4.30. The van der Waals surface area contributed by atoms with Gasteiger partial charge in [-0.05, 0) is 42.7 Å². The van der Waals surface area contributed by atoms with Crippen LogP contribution in [0.2, 0.25) is 0 Å². The van der Waals surface area contributed by atoms with Crippen LogP contribution in [0.5, 0.6) is 0 Å². The number of nitrogens with one attached hydrogen (secondary N) is 1. The second-order valence-corrected chi connectivity index (χ2v) is 7.15. The summed E-state index contributed by atoms with van der Waals surface area (Å²) in [6.45, 7) is 1.24. The zero-order valence-electron chi connectivity index (χ0n) is 14.9. The molecule has 6 heteroatoms. The lowest BCUT2D eigenvalue weighted by Gasteiger charge is -2.15. The van der Waals surface area contributed by atoms with Crippen LogP contribution in [0.4, 0.5) is 0 Å². The minimum atomic E-state index is -0.170. The molecule has 1 aromatic heterocycles. The van der Waals surface area contributed by atoms with Crippen LogP contribution in [0.1, 0.15) is 35.3 Å². The summed E-state index contributed by atoms with van der Waals surface area (Å²) in [5.74, 6) is 0.213. The molecule has 1 saturated carbocycles. The standard InChI is InChI=1S/C21H20N4O2/c22-11-19-18(5-2-8-23-19)15-3-1-4-16(10-15)21(27)24-12-14-9-20(26)25(13-14)17-6-7-17/h1-5,8,10,14,17H,6-7,9,12-13H2,(H,24,27)/t14-/m1/s1. The molecule has 4 rings (SSSR count). The van der Waals surface area contributed by atoms with E-state index in [4.69, 9.17) is 0 Å². The Morgan fingerprint density at radius 1 is 1.30 bits per heavy atom. The first-order valence-electron chi connectivity index (χ1n) is 9.19. The summed E-state index contributed by atoms with van der Waals surface area (Å²) >= 11 is 0. The molecular weight excluding hydrogens is 340 g/mol. The number of rotatable bonds is 5. The highest BCUT2D eigenvalue weighted by Gasteiger charge is 2.39. The quantitative estimate of drug-likeness (QED) is 0.887. The molecule has 2 amide bonds. The molecule has 2 aromatic rings. The van der Waals surface area contributed by atoms with Gasteiger partial charge in [-0.25, -0.2) is 4.98 Å². The second kappa shape index (κ2) is 7.20. The molecule has 1 aliphatic heterocycles. The van der Waals surface area contributed by atoms with Crippen LogP contribution in [0.3, 0.4) is 0 Å². The number of pyridine rings is 1. The third-order valence-corrected chi connectivity index (χ3v) is 5.13. The maximum atomic E-state index is 12.6. The second-order valence-electron chi connectivity index (χ2n) is 7.15. The fraction of sp³-hybridized carbons (Fsp3) is 0.333. The summed E-state index contributed by atoms with van der Waals surface area (Å²) in [6, 6.07) is 13.3. The molecule has 2 heterocycles. The molecule has 0 unspecified atom stereocenters. The zero-order chi connectivity index (χ0) is 18.8. The molecule has 1 aromatic carbocycles. The van der Waals surface area contributed by atoms with Gasteiger partial charge in [0.05, 0.1) is 0 Å². The topological polar surface area (TPSA) is 86.1 Å². The van der Waals surface area contributed by atoms with Crippen molar-refractivity contribution in [1.29, 1.82) is 5.26 Å². The summed E-state index contributed by atoms with van der Waals surface area (Å²) in [5, 5.41) is 12.2. The van der Waals surface area contributed by atoms with Crippen LogP contribution < -0.4 is 5.32 Å². The van der Waals surface area contributed by atoms with Crippen molar-refractivity contribution in [1.82, 2.24) is 15.2 Å². The molecule has 1 saturated heterocycles. The Balaban J connectivity index is 1.42. The highest BCUT2D eigenvalue weighted by Crippen LogP contribution is 2.32. The third kappa shape index (κ3) is 3.68. The molecule has 1 atom stereocenters. The summed E-state index contributed by atoms with van der Waals surface area (Å²) in [4.78, 5) is 30.6. The Hall–Kier alpha value is -3.20. The van der Waals surface area contributed by atoms with E-state index in [1.807, 2.05) is 17.0 Å². The largest absolute Gasteiger partial charge is 0.352 e. The minimum Gasteiger partial charge on any atom is -0.352 e. The Morgan fingerprint density at radius 3 is 2.93 bits per heavy atom. The molecule has 27 heavy (non-hydrogen) atoms. The molecular formula is C21H20N4O2. The molecule has 6 nitrogen and oxygen atoms in total. The highest BCUT2D eigenvalue weighted by molar-refractivity contribution is 5.95. The molecule has 0 radical (unpaired) electrons. The smallest absolute Gasteiger partial charge is 0.251 e. The lowest BCUT2D eigenvalue weighted by atomic mass is 10.0. The minimum absolute atomic E-state index is 0.170. The van der Waals surface area contributed by atoms with Crippen molar-refractivity contribution < 1.29 is 9.59 Å². The number of hydrogen-bond acceptors (Lipinski definition) is 4. The van der Waals surface area contributed by atoms with E-state index in [-0.39, 0.29) is 17.7 Å². The Kier molecular flexibility index (Phi) is 4.59. The number of nitrogens with zero attached hydrogens (tertiary/aromatic N) is 3. The van der Waals surface area contributed by atoms with Crippen LogP contribution in [-0.4, -0.2) is 40.8 Å². The van der Waals surface area contributed by atoms with Gasteiger partial charge in [0, 0.05) is 48.8 Å². The summed E-state index contributed by atoms with van der Waals surface area (Å²) in [5.41, 5.74) is 2.35. The summed E-state index contributed by atoms with van der Waals surface area (Å²) in [7, 11) is 0. The highest BCUT2D eigenvalue weighted by atomic mass is 16.2. The molecule has 2 aliphatic rings. The normalized spacial score (nSPS) is 19.0. The van der Waals surface area contributed by atoms with E-state index in [0.717, 1.165) is 24.9 Å². The predicted molar refractivity (Wildman–Crippen MR) is 99.6 cm³/mol. The fourth-order valence-electron chi connectivity index (χ4n) is 3.58. The monoisotopic (exact) mass is 360 g/mol. The number of aromatic nitrogens is 1. The lowest BCUT2D eigenvalue weighted by molar-refractivity contribution is -0.128. The van der Waals surface area contributed by atoms with Crippen LogP contribution in [0, 0.1) is 17.2 Å². The van der Waals surface area contributed by atoms with Crippen molar-refractivity contribution in [3.8, 4) is 17.2 Å². The van der Waals surface area contributed by atoms with E-state index in [1.54, 1.807) is 30.5 Å². The van der Waals surface area contributed by atoms with E-state index in [9.17, 15) is 14.9 Å². The zero-order valence-corrected chi connectivity index (χ0v) is 14.9. The van der Waals surface area contributed by atoms with Crippen LogP contribution in [0.25, 0.3) is 11.1 Å². The van der Waals surface area contributed by atoms with Gasteiger partial charge in [0.2, 0.25) is 5.91 Å². The van der Waals surface area contributed by atoms with Crippen molar-refractivity contribution in [2.24, 2.45) is 5.92 Å². The first kappa shape index (κ1) is 17.2. The van der Waals surface area contributed by atoms with Gasteiger partial charge in [-0.1, -0.05) is 12.1 Å². The van der Waals surface area contributed by atoms with Crippen molar-refractivity contribution >= 4 is 11.8 Å². The number of nitriles is 1. The maximum Gasteiger partial charge on any atom is 0.251 e. The average Bonchev–Trinajstić information content (AvgIpc) is 3.48. The maximum absolute atomic E-state index is 12.6. The van der Waals surface area contributed by atoms with Gasteiger partial charge in [0.1, 0.15) is 11.8 Å². The van der Waals surface area contributed by atoms with Gasteiger partial charge < -0.3 is 10.2 Å². The van der Waals surface area contributed by atoms with Gasteiger partial charge in [-0.2, -0.15) is 5.26 Å². The predicted octanol–water partition coefficient (Wildman–Crippen LogP) is 2.36. The van der Waals surface area contributed by atoms with Crippen molar-refractivity contribution in [3.05, 3.63) is 53.9 Å². The molecule has 1 aliphatic carbocycles. The Morgan fingerprint density at radius 2 is 2.15 bits per heavy atom. The van der Waals surface area contributed by atoms with Gasteiger partial charge >= 0.3 is 0 Å². The van der Waals surface area contributed by atoms with Gasteiger partial charge in [0.25, 0.3) is 5.91 Å². The third-order valence-electron chi connectivity index (χ3n) is 5.13. The van der Waals surface area contributed by atoms with Gasteiger partial charge in [-0.15, -0.1) is 0 Å². The average molecular weight is 360 g/mol. The van der Waals surface area contributed by atoms with E-state index in [2.05, 4.69) is 16.4 Å². The lowest BCUT2D eigenvalue weighted by Crippen LogP contribution is -2.32. The molecule has 136 valence electrons. The van der Waals surface area contributed by atoms with E-state index in [1.165, 1.54) is 0 Å². The molecule has 2 fully saturated rings. The van der Waals surface area contributed by atoms with Gasteiger partial charge in [0.15, 0.2) is 0 Å². The van der Waals surface area contributed by atoms with Crippen LogP contribution >= 0.6 is 0 Å². The van der Waals surface area contributed by atoms with E-state index >= 15 is 0 Å². The number of carbonyl (C=O) groups is 2. The van der Waals surface area contributed by atoms with Crippen molar-refractivity contribution in [2.75, 3.05) is 13.1 Å². The Labute approximate surface area is 157 Å². The molecule has 1 N–H and O–H groups in total. The van der Waals surface area contributed by atoms with Gasteiger partial charge in [-0.3, -0.25) is 9.59 Å². The number of carbonyl (C=O) groups excluding carboxylic acids is 2. The number of amides is 2. The summed E-state index contributed by atoms with van der Waals surface area (Å²) < 4.78 is 0. The van der Waals surface area contributed by atoms with Crippen molar-refractivity contribution in [2.45, 2.75) is 25.3 Å². The van der Waals surface area contributed by atoms with E-state index < -0.39 is 0 Å². The molecule has 0 spiro atoms. The fourth-order valence-corrected chi connectivity index (χ4v) is 3.58. The van der Waals surface area contributed by atoms with Crippen molar-refractivity contribution in [3.63, 3.8) is 0 Å². The number of benzene rings is 1. The molecule has 0 bridgehead atoms. The number of hydrogen-bond donors (Lipinski definition) is 1. The first-order valence-corrected chi connectivity index (χ1v) is 9.19. The van der Waals surface area contributed by atoms with Crippen LogP contribution in [0.15, 0.2) is 42.6 Å². The van der Waals surface area contributed by atoms with E-state index in [0.29, 0.717) is 35.8 Å². The Bertz CT molecular complexity index is 930. The van der Waals surface area contributed by atoms with Crippen LogP contribution in [-0.2, 0) is 4.79 Å².